The monoisotopic (exact) mass is 567 g/mol. The first-order chi connectivity index (χ1) is 12.6. The maximum absolute atomic E-state index is 5.57. The Hall–Kier alpha value is 0.01000. The number of hydrogen-bond acceptors (Lipinski definition) is 3. The smallest absolute Gasteiger partial charge is 0.191 e. The quantitative estimate of drug-likeness (QED) is 0.288. The highest BCUT2D eigenvalue weighted by molar-refractivity contribution is 14.0. The van der Waals surface area contributed by atoms with E-state index in [1.165, 1.54) is 22.9 Å². The van der Waals surface area contributed by atoms with Gasteiger partial charge >= 0.3 is 0 Å². The number of rotatable bonds is 7. The van der Waals surface area contributed by atoms with Crippen molar-refractivity contribution in [1.82, 2.24) is 10.6 Å². The summed E-state index contributed by atoms with van der Waals surface area (Å²) in [4.78, 5) is 4.45. The first-order valence-corrected chi connectivity index (χ1v) is 11.3. The molecule has 152 valence electrons. The van der Waals surface area contributed by atoms with Gasteiger partial charge in [0.25, 0.3) is 0 Å². The lowest BCUT2D eigenvalue weighted by molar-refractivity contribution is 0.0782. The number of benzene rings is 1. The highest BCUT2D eigenvalue weighted by atomic mass is 127. The molecule has 0 amide bonds. The number of nitrogens with one attached hydrogen (secondary N) is 2. The molecule has 2 fully saturated rings. The molecular formula is C20H31BrIN3OS. The van der Waals surface area contributed by atoms with Crippen molar-refractivity contribution in [2.75, 3.05) is 39.1 Å². The molecule has 1 saturated carbocycles. The van der Waals surface area contributed by atoms with Crippen LogP contribution in [0.5, 0.6) is 0 Å². The van der Waals surface area contributed by atoms with E-state index in [0.717, 1.165) is 50.9 Å². The minimum Gasteiger partial charge on any atom is -0.381 e. The molecular weight excluding hydrogens is 537 g/mol. The van der Waals surface area contributed by atoms with Gasteiger partial charge in [-0.2, -0.15) is 11.8 Å². The summed E-state index contributed by atoms with van der Waals surface area (Å²) in [5.74, 6) is 2.05. The third-order valence-electron chi connectivity index (χ3n) is 5.55. The molecule has 4 nitrogen and oxygen atoms in total. The van der Waals surface area contributed by atoms with Gasteiger partial charge in [-0.1, -0.05) is 41.1 Å². The van der Waals surface area contributed by atoms with Crippen molar-refractivity contribution in [2.45, 2.75) is 42.8 Å². The van der Waals surface area contributed by atoms with Gasteiger partial charge < -0.3 is 15.4 Å². The molecule has 0 unspecified atom stereocenters. The van der Waals surface area contributed by atoms with E-state index in [1.54, 1.807) is 0 Å². The van der Waals surface area contributed by atoms with Gasteiger partial charge in [0, 0.05) is 48.0 Å². The Morgan fingerprint density at radius 1 is 1.15 bits per heavy atom. The number of halogens is 2. The van der Waals surface area contributed by atoms with E-state index in [2.05, 4.69) is 74.5 Å². The Balaban J connectivity index is 0.00000261. The number of thioether (sulfide) groups is 1. The largest absolute Gasteiger partial charge is 0.381 e. The summed E-state index contributed by atoms with van der Waals surface area (Å²) in [5, 5.41) is 7.16. The van der Waals surface area contributed by atoms with Gasteiger partial charge in [0.1, 0.15) is 0 Å². The lowest BCUT2D eigenvalue weighted by atomic mass is 9.96. The van der Waals surface area contributed by atoms with Crippen molar-refractivity contribution >= 4 is 57.6 Å². The second-order valence-corrected chi connectivity index (χ2v) is 9.85. The van der Waals surface area contributed by atoms with Crippen LogP contribution in [0.4, 0.5) is 0 Å². The molecule has 27 heavy (non-hydrogen) atoms. The van der Waals surface area contributed by atoms with E-state index in [4.69, 9.17) is 4.74 Å². The summed E-state index contributed by atoms with van der Waals surface area (Å²) < 4.78 is 7.05. The predicted molar refractivity (Wildman–Crippen MR) is 131 cm³/mol. The molecule has 3 rings (SSSR count). The van der Waals surface area contributed by atoms with Crippen molar-refractivity contribution in [1.29, 1.82) is 0 Å². The molecule has 1 aliphatic carbocycles. The summed E-state index contributed by atoms with van der Waals surface area (Å²) in [6, 6.07) is 8.59. The van der Waals surface area contributed by atoms with E-state index < -0.39 is 0 Å². The van der Waals surface area contributed by atoms with Crippen LogP contribution in [0.3, 0.4) is 0 Å². The van der Waals surface area contributed by atoms with E-state index in [-0.39, 0.29) is 34.1 Å². The number of nitrogens with zero attached hydrogens (tertiary/aromatic N) is 1. The molecule has 0 spiro atoms. The summed E-state index contributed by atoms with van der Waals surface area (Å²) >= 11 is 5.77. The highest BCUT2D eigenvalue weighted by Gasteiger charge is 2.45. The van der Waals surface area contributed by atoms with Gasteiger partial charge in [-0.25, -0.2) is 0 Å². The Labute approximate surface area is 193 Å². The number of guanidine groups is 1. The molecule has 7 heteroatoms. The summed E-state index contributed by atoms with van der Waals surface area (Å²) in [7, 11) is 1.86. The van der Waals surface area contributed by atoms with Crippen molar-refractivity contribution in [3.63, 3.8) is 0 Å². The molecule has 1 aromatic carbocycles. The third-order valence-corrected chi connectivity index (χ3v) is 7.69. The van der Waals surface area contributed by atoms with Crippen LogP contribution in [0.1, 0.15) is 38.2 Å². The number of aliphatic imine (C=N–C) groups is 1. The zero-order valence-electron chi connectivity index (χ0n) is 16.2. The molecule has 2 aliphatic rings. The summed E-state index contributed by atoms with van der Waals surface area (Å²) in [6.45, 7) is 5.84. The van der Waals surface area contributed by atoms with E-state index in [0.29, 0.717) is 0 Å². The second kappa shape index (κ2) is 10.7. The Kier molecular flexibility index (Phi) is 9.22. The number of hydrogen-bond donors (Lipinski definition) is 2. The molecule has 1 aromatic rings. The maximum atomic E-state index is 5.57. The van der Waals surface area contributed by atoms with Crippen LogP contribution in [-0.2, 0) is 10.2 Å². The fraction of sp³-hybridized carbons (Fsp3) is 0.650. The van der Waals surface area contributed by atoms with Crippen LogP contribution in [0.25, 0.3) is 0 Å². The third kappa shape index (κ3) is 6.00. The van der Waals surface area contributed by atoms with Crippen molar-refractivity contribution in [3.05, 3.63) is 34.3 Å². The van der Waals surface area contributed by atoms with Gasteiger partial charge in [0.2, 0.25) is 0 Å². The van der Waals surface area contributed by atoms with Crippen LogP contribution >= 0.6 is 51.7 Å². The van der Waals surface area contributed by atoms with Gasteiger partial charge in [-0.3, -0.25) is 4.99 Å². The molecule has 0 radical (unpaired) electrons. The van der Waals surface area contributed by atoms with Crippen LogP contribution in [0, 0.1) is 0 Å². The minimum atomic E-state index is 0. The van der Waals surface area contributed by atoms with Crippen molar-refractivity contribution < 1.29 is 4.74 Å². The van der Waals surface area contributed by atoms with E-state index in [1.807, 2.05) is 7.05 Å². The zero-order valence-corrected chi connectivity index (χ0v) is 21.0. The fourth-order valence-electron chi connectivity index (χ4n) is 3.72. The van der Waals surface area contributed by atoms with Gasteiger partial charge in [-0.05, 0) is 43.1 Å². The normalized spacial score (nSPS) is 20.5. The molecule has 0 bridgehead atoms. The lowest BCUT2D eigenvalue weighted by Gasteiger charge is -2.37. The maximum Gasteiger partial charge on any atom is 0.191 e. The van der Waals surface area contributed by atoms with E-state index in [9.17, 15) is 0 Å². The predicted octanol–water partition coefficient (Wildman–Crippen LogP) is 4.57. The van der Waals surface area contributed by atoms with Gasteiger partial charge in [0.15, 0.2) is 5.96 Å². The molecule has 0 atom stereocenters. The Bertz CT molecular complexity index is 628. The number of ether oxygens (including phenoxy) is 1. The Morgan fingerprint density at radius 2 is 1.81 bits per heavy atom. The average Bonchev–Trinajstić information content (AvgIpc) is 3.44. The first-order valence-electron chi connectivity index (χ1n) is 9.54. The minimum absolute atomic E-state index is 0. The molecule has 0 aromatic heterocycles. The fourth-order valence-corrected chi connectivity index (χ4v) is 5.67. The SMILES string of the molecule is CCSC1(CNC(=NC)NCC2(c3ccccc3Br)CC2)CCOCC1.I. The molecule has 1 saturated heterocycles. The summed E-state index contributed by atoms with van der Waals surface area (Å²) in [5.41, 5.74) is 1.65. The molecule has 1 aliphatic heterocycles. The second-order valence-electron chi connectivity index (χ2n) is 7.27. The van der Waals surface area contributed by atoms with Gasteiger partial charge in [0.05, 0.1) is 0 Å². The Morgan fingerprint density at radius 3 is 2.41 bits per heavy atom. The molecule has 2 N–H and O–H groups in total. The van der Waals surface area contributed by atoms with Crippen LogP contribution < -0.4 is 10.6 Å². The van der Waals surface area contributed by atoms with Crippen molar-refractivity contribution in [3.8, 4) is 0 Å². The first kappa shape index (κ1) is 23.3. The van der Waals surface area contributed by atoms with Crippen molar-refractivity contribution in [2.24, 2.45) is 4.99 Å². The average molecular weight is 568 g/mol. The van der Waals surface area contributed by atoms with Gasteiger partial charge in [-0.15, -0.1) is 24.0 Å². The summed E-state index contributed by atoms with van der Waals surface area (Å²) in [6.07, 6.45) is 4.67. The molecule has 1 heterocycles. The van der Waals surface area contributed by atoms with Crippen LogP contribution in [0.15, 0.2) is 33.7 Å². The van der Waals surface area contributed by atoms with E-state index >= 15 is 0 Å². The topological polar surface area (TPSA) is 45.7 Å². The van der Waals surface area contributed by atoms with Crippen LogP contribution in [0.2, 0.25) is 0 Å². The highest BCUT2D eigenvalue weighted by Crippen LogP contribution is 2.49. The lowest BCUT2D eigenvalue weighted by Crippen LogP contribution is -2.49. The van der Waals surface area contributed by atoms with Crippen LogP contribution in [-0.4, -0.2) is 49.8 Å². The zero-order chi connectivity index (χ0) is 18.5. The standard InChI is InChI=1S/C20H30BrN3OS.HI/c1-3-26-20(10-12-25-13-11-20)15-24-18(22-2)23-14-19(8-9-19)16-6-4-5-7-17(16)21;/h4-7H,3,8-15H2,1-2H3,(H2,22,23,24);1H.